The molecule has 0 aromatic carbocycles. The predicted octanol–water partition coefficient (Wildman–Crippen LogP) is 2.17. The topological polar surface area (TPSA) is 55.6 Å². The molecule has 1 amide bonds. The Labute approximate surface area is 123 Å². The third-order valence-electron chi connectivity index (χ3n) is 4.88. The highest BCUT2D eigenvalue weighted by Gasteiger charge is 2.43. The van der Waals surface area contributed by atoms with Crippen LogP contribution in [0.1, 0.15) is 52.4 Å². The van der Waals surface area contributed by atoms with Gasteiger partial charge in [0.1, 0.15) is 0 Å². The predicted molar refractivity (Wildman–Crippen MR) is 80.3 cm³/mol. The molecular weight excluding hydrogens is 252 g/mol. The van der Waals surface area contributed by atoms with Gasteiger partial charge in [0.25, 0.3) is 0 Å². The molecule has 2 rings (SSSR count). The highest BCUT2D eigenvalue weighted by atomic mass is 16.5. The van der Waals surface area contributed by atoms with Crippen LogP contribution in [0.5, 0.6) is 0 Å². The quantitative estimate of drug-likeness (QED) is 0.841. The Kier molecular flexibility index (Phi) is 5.44. The third-order valence-corrected chi connectivity index (χ3v) is 4.88. The first-order chi connectivity index (χ1) is 9.59. The zero-order valence-corrected chi connectivity index (χ0v) is 13.1. The molecule has 1 aliphatic heterocycles. The molecule has 0 bridgehead atoms. The van der Waals surface area contributed by atoms with Crippen LogP contribution in [0.25, 0.3) is 0 Å². The molecule has 0 spiro atoms. The number of carbonyl (C=O) groups excluding carboxylic acids is 1. The minimum absolute atomic E-state index is 0.295. The minimum Gasteiger partial charge on any atom is -0.381 e. The minimum atomic E-state index is -0.365. The number of rotatable bonds is 5. The summed E-state index contributed by atoms with van der Waals surface area (Å²) >= 11 is 0. The van der Waals surface area contributed by atoms with Crippen LogP contribution in [0.15, 0.2) is 0 Å². The van der Waals surface area contributed by atoms with Crippen molar-refractivity contribution in [2.75, 3.05) is 26.3 Å². The summed E-state index contributed by atoms with van der Waals surface area (Å²) in [7, 11) is 0. The Balaban J connectivity index is 2.14. The smallest absolute Gasteiger partial charge is 0.230 e. The Bertz CT molecular complexity index is 318. The maximum absolute atomic E-state index is 13.2. The van der Waals surface area contributed by atoms with E-state index in [-0.39, 0.29) is 5.41 Å². The molecule has 4 nitrogen and oxygen atoms in total. The van der Waals surface area contributed by atoms with E-state index in [2.05, 4.69) is 18.7 Å². The highest BCUT2D eigenvalue weighted by molar-refractivity contribution is 5.83. The highest BCUT2D eigenvalue weighted by Crippen LogP contribution is 2.35. The number of carbonyl (C=O) groups is 1. The first kappa shape index (κ1) is 15.8. The molecule has 1 saturated carbocycles. The fourth-order valence-electron chi connectivity index (χ4n) is 3.58. The Morgan fingerprint density at radius 3 is 2.40 bits per heavy atom. The standard InChI is InChI=1S/C16H30N2O2/c1-13(2)11-18(14-5-3-4-6-14)15(19)16(12-17)7-9-20-10-8-16/h13-14H,3-12,17H2,1-2H3. The van der Waals surface area contributed by atoms with Gasteiger partial charge in [-0.05, 0) is 31.6 Å². The molecule has 2 N–H and O–H groups in total. The van der Waals surface area contributed by atoms with Crippen LogP contribution in [0.2, 0.25) is 0 Å². The molecule has 0 aromatic rings. The number of ether oxygens (including phenoxy) is 1. The molecule has 1 saturated heterocycles. The normalized spacial score (nSPS) is 23.2. The molecule has 20 heavy (non-hydrogen) atoms. The summed E-state index contributed by atoms with van der Waals surface area (Å²) in [6, 6.07) is 0.441. The van der Waals surface area contributed by atoms with Gasteiger partial charge in [-0.3, -0.25) is 4.79 Å². The zero-order chi connectivity index (χ0) is 14.6. The average molecular weight is 282 g/mol. The molecule has 0 radical (unpaired) electrons. The van der Waals surface area contributed by atoms with Gasteiger partial charge in [-0.25, -0.2) is 0 Å². The van der Waals surface area contributed by atoms with Gasteiger partial charge in [-0.15, -0.1) is 0 Å². The number of hydrogen-bond acceptors (Lipinski definition) is 3. The molecule has 116 valence electrons. The van der Waals surface area contributed by atoms with Crippen molar-refractivity contribution < 1.29 is 9.53 Å². The summed E-state index contributed by atoms with van der Waals surface area (Å²) in [5, 5.41) is 0. The molecule has 0 atom stereocenters. The Morgan fingerprint density at radius 2 is 1.90 bits per heavy atom. The van der Waals surface area contributed by atoms with Crippen LogP contribution < -0.4 is 5.73 Å². The molecular formula is C16H30N2O2. The largest absolute Gasteiger partial charge is 0.381 e. The molecule has 0 unspecified atom stereocenters. The van der Waals surface area contributed by atoms with Crippen molar-refractivity contribution in [3.05, 3.63) is 0 Å². The lowest BCUT2D eigenvalue weighted by atomic mass is 9.78. The van der Waals surface area contributed by atoms with Gasteiger partial charge in [-0.2, -0.15) is 0 Å². The van der Waals surface area contributed by atoms with Crippen molar-refractivity contribution >= 4 is 5.91 Å². The van der Waals surface area contributed by atoms with E-state index in [9.17, 15) is 4.79 Å². The van der Waals surface area contributed by atoms with Crippen molar-refractivity contribution in [1.82, 2.24) is 4.90 Å². The first-order valence-electron chi connectivity index (χ1n) is 8.18. The summed E-state index contributed by atoms with van der Waals surface area (Å²) in [5.41, 5.74) is 5.64. The van der Waals surface area contributed by atoms with Crippen molar-refractivity contribution in [3.63, 3.8) is 0 Å². The zero-order valence-electron chi connectivity index (χ0n) is 13.1. The first-order valence-corrected chi connectivity index (χ1v) is 8.18. The van der Waals surface area contributed by atoms with Gasteiger partial charge in [0.2, 0.25) is 5.91 Å². The van der Waals surface area contributed by atoms with Crippen LogP contribution >= 0.6 is 0 Å². The second kappa shape index (κ2) is 6.90. The SMILES string of the molecule is CC(C)CN(C(=O)C1(CN)CCOCC1)C1CCCC1. The molecule has 4 heteroatoms. The van der Waals surface area contributed by atoms with Crippen LogP contribution in [-0.4, -0.2) is 43.2 Å². The maximum atomic E-state index is 13.2. The Morgan fingerprint density at radius 1 is 1.30 bits per heavy atom. The number of nitrogens with zero attached hydrogens (tertiary/aromatic N) is 1. The fraction of sp³-hybridized carbons (Fsp3) is 0.938. The molecule has 2 aliphatic rings. The molecule has 1 aliphatic carbocycles. The lowest BCUT2D eigenvalue weighted by Crippen LogP contribution is -2.54. The molecule has 2 fully saturated rings. The summed E-state index contributed by atoms with van der Waals surface area (Å²) in [5.74, 6) is 0.804. The van der Waals surface area contributed by atoms with Gasteiger partial charge < -0.3 is 15.4 Å². The summed E-state index contributed by atoms with van der Waals surface area (Å²) in [6.07, 6.45) is 6.40. The van der Waals surface area contributed by atoms with Crippen LogP contribution in [0.3, 0.4) is 0 Å². The summed E-state index contributed by atoms with van der Waals surface area (Å²) in [6.45, 7) is 7.04. The van der Waals surface area contributed by atoms with E-state index in [1.165, 1.54) is 12.8 Å². The third kappa shape index (κ3) is 3.34. The van der Waals surface area contributed by atoms with Crippen molar-refractivity contribution in [1.29, 1.82) is 0 Å². The number of nitrogens with two attached hydrogens (primary N) is 1. The van der Waals surface area contributed by atoms with E-state index < -0.39 is 0 Å². The van der Waals surface area contributed by atoms with Crippen LogP contribution in [0.4, 0.5) is 0 Å². The summed E-state index contributed by atoms with van der Waals surface area (Å²) < 4.78 is 5.44. The molecule has 0 aromatic heterocycles. The van der Waals surface area contributed by atoms with E-state index in [4.69, 9.17) is 10.5 Å². The lowest BCUT2D eigenvalue weighted by molar-refractivity contribution is -0.150. The molecule has 1 heterocycles. The maximum Gasteiger partial charge on any atom is 0.230 e. The second-order valence-corrected chi connectivity index (χ2v) is 6.89. The van der Waals surface area contributed by atoms with E-state index in [0.29, 0.717) is 37.6 Å². The monoisotopic (exact) mass is 282 g/mol. The van der Waals surface area contributed by atoms with Gasteiger partial charge in [0, 0.05) is 32.3 Å². The van der Waals surface area contributed by atoms with Gasteiger partial charge >= 0.3 is 0 Å². The number of amides is 1. The van der Waals surface area contributed by atoms with Crippen molar-refractivity contribution in [2.45, 2.75) is 58.4 Å². The van der Waals surface area contributed by atoms with Gasteiger partial charge in [-0.1, -0.05) is 26.7 Å². The summed E-state index contributed by atoms with van der Waals surface area (Å²) in [4.78, 5) is 15.3. The van der Waals surface area contributed by atoms with Crippen LogP contribution in [0, 0.1) is 11.3 Å². The Hall–Kier alpha value is -0.610. The average Bonchev–Trinajstić information content (AvgIpc) is 2.98. The number of hydrogen-bond donors (Lipinski definition) is 1. The van der Waals surface area contributed by atoms with E-state index >= 15 is 0 Å². The second-order valence-electron chi connectivity index (χ2n) is 6.89. The van der Waals surface area contributed by atoms with Crippen molar-refractivity contribution in [2.24, 2.45) is 17.1 Å². The van der Waals surface area contributed by atoms with Gasteiger partial charge in [0.05, 0.1) is 5.41 Å². The van der Waals surface area contributed by atoms with Crippen molar-refractivity contribution in [3.8, 4) is 0 Å². The van der Waals surface area contributed by atoms with Crippen LogP contribution in [-0.2, 0) is 9.53 Å². The van der Waals surface area contributed by atoms with E-state index in [1.54, 1.807) is 0 Å². The van der Waals surface area contributed by atoms with E-state index in [0.717, 1.165) is 32.2 Å². The lowest BCUT2D eigenvalue weighted by Gasteiger charge is -2.42. The fourth-order valence-corrected chi connectivity index (χ4v) is 3.58. The van der Waals surface area contributed by atoms with E-state index in [1.807, 2.05) is 0 Å². The van der Waals surface area contributed by atoms with Gasteiger partial charge in [0.15, 0.2) is 0 Å².